The number of fused-ring (bicyclic) bond motifs is 1. The van der Waals surface area contributed by atoms with E-state index in [-0.39, 0.29) is 22.7 Å². The predicted octanol–water partition coefficient (Wildman–Crippen LogP) is 4.67. The Kier molecular flexibility index (Phi) is 5.75. The number of para-hydroxylation sites is 1. The number of rotatable bonds is 6. The van der Waals surface area contributed by atoms with Gasteiger partial charge < -0.3 is 9.88 Å². The van der Waals surface area contributed by atoms with Crippen molar-refractivity contribution in [1.82, 2.24) is 4.57 Å². The Morgan fingerprint density at radius 3 is 2.41 bits per heavy atom. The van der Waals surface area contributed by atoms with Crippen LogP contribution < -0.4 is 5.32 Å². The number of aromatic nitrogens is 1. The molecular weight excluding hydrogens is 441 g/mol. The van der Waals surface area contributed by atoms with Crippen LogP contribution in [0.4, 0.5) is 18.9 Å². The lowest BCUT2D eigenvalue weighted by molar-refractivity contribution is -0.116. The number of nitrogens with zero attached hydrogens (tertiary/aromatic N) is 1. The summed E-state index contributed by atoms with van der Waals surface area (Å²) in [6.45, 7) is -0.342. The van der Waals surface area contributed by atoms with Crippen molar-refractivity contribution < 1.29 is 26.4 Å². The molecule has 4 aromatic rings. The van der Waals surface area contributed by atoms with Gasteiger partial charge in [-0.05, 0) is 24.3 Å². The minimum absolute atomic E-state index is 0.0312. The Morgan fingerprint density at radius 2 is 1.62 bits per heavy atom. The molecule has 0 spiro atoms. The smallest absolute Gasteiger partial charge is 0.244 e. The standard InChI is InChI=1S/C23H17F3N2O3S/c24-16-9-10-19(26)20(11-16)27-23(29)13-28-12-22(17-6-2-4-8-21(17)28)32(30,31)14-15-5-1-3-7-18(15)25/h1-12H,13-14H2,(H,27,29). The Hall–Kier alpha value is -3.59. The van der Waals surface area contributed by atoms with Gasteiger partial charge in [0.15, 0.2) is 9.84 Å². The van der Waals surface area contributed by atoms with Gasteiger partial charge in [0.25, 0.3) is 0 Å². The summed E-state index contributed by atoms with van der Waals surface area (Å²) in [7, 11) is -3.95. The lowest BCUT2D eigenvalue weighted by Gasteiger charge is -2.08. The normalized spacial score (nSPS) is 11.6. The van der Waals surface area contributed by atoms with Crippen LogP contribution in [0, 0.1) is 17.5 Å². The maximum Gasteiger partial charge on any atom is 0.244 e. The zero-order valence-corrected chi connectivity index (χ0v) is 17.4. The average Bonchev–Trinajstić information content (AvgIpc) is 3.12. The maximum absolute atomic E-state index is 14.0. The first kappa shape index (κ1) is 21.6. The Labute approximate surface area is 182 Å². The highest BCUT2D eigenvalue weighted by Crippen LogP contribution is 2.28. The van der Waals surface area contributed by atoms with E-state index in [4.69, 9.17) is 0 Å². The largest absolute Gasteiger partial charge is 0.337 e. The van der Waals surface area contributed by atoms with Crippen LogP contribution in [0.1, 0.15) is 5.56 Å². The van der Waals surface area contributed by atoms with Crippen LogP contribution in [-0.4, -0.2) is 18.9 Å². The van der Waals surface area contributed by atoms with E-state index in [9.17, 15) is 26.4 Å². The van der Waals surface area contributed by atoms with Crippen LogP contribution in [0.5, 0.6) is 0 Å². The van der Waals surface area contributed by atoms with E-state index >= 15 is 0 Å². The molecule has 0 saturated carbocycles. The molecule has 0 aliphatic heterocycles. The number of carbonyl (C=O) groups is 1. The Bertz CT molecular complexity index is 1430. The molecule has 5 nitrogen and oxygen atoms in total. The van der Waals surface area contributed by atoms with Gasteiger partial charge in [-0.1, -0.05) is 36.4 Å². The first-order valence-electron chi connectivity index (χ1n) is 9.53. The first-order chi connectivity index (χ1) is 15.2. The topological polar surface area (TPSA) is 68.2 Å². The highest BCUT2D eigenvalue weighted by Gasteiger charge is 2.23. The van der Waals surface area contributed by atoms with Crippen molar-refractivity contribution in [3.63, 3.8) is 0 Å². The molecular formula is C23H17F3N2O3S. The molecule has 0 aliphatic rings. The molecule has 0 unspecified atom stereocenters. The molecule has 1 heterocycles. The van der Waals surface area contributed by atoms with Crippen molar-refractivity contribution in [3.05, 3.63) is 95.9 Å². The molecule has 0 atom stereocenters. The molecule has 0 aliphatic carbocycles. The highest BCUT2D eigenvalue weighted by molar-refractivity contribution is 7.90. The van der Waals surface area contributed by atoms with Gasteiger partial charge in [-0.3, -0.25) is 4.79 Å². The predicted molar refractivity (Wildman–Crippen MR) is 114 cm³/mol. The molecule has 4 rings (SSSR count). The molecule has 9 heteroatoms. The van der Waals surface area contributed by atoms with Gasteiger partial charge in [-0.25, -0.2) is 21.6 Å². The number of hydrogen-bond acceptors (Lipinski definition) is 3. The molecule has 1 N–H and O–H groups in total. The van der Waals surface area contributed by atoms with E-state index in [1.54, 1.807) is 30.3 Å². The second kappa shape index (κ2) is 8.51. The lowest BCUT2D eigenvalue weighted by Crippen LogP contribution is -2.19. The summed E-state index contributed by atoms with van der Waals surface area (Å²) in [6, 6.07) is 14.8. The zero-order chi connectivity index (χ0) is 22.9. The number of amides is 1. The third kappa shape index (κ3) is 4.38. The van der Waals surface area contributed by atoms with Crippen molar-refractivity contribution in [1.29, 1.82) is 0 Å². The van der Waals surface area contributed by atoms with Crippen LogP contribution >= 0.6 is 0 Å². The van der Waals surface area contributed by atoms with Crippen molar-refractivity contribution in [2.24, 2.45) is 0 Å². The fourth-order valence-electron chi connectivity index (χ4n) is 3.43. The van der Waals surface area contributed by atoms with Crippen LogP contribution in [0.3, 0.4) is 0 Å². The molecule has 164 valence electrons. The summed E-state index contributed by atoms with van der Waals surface area (Å²) in [5, 5.41) is 2.65. The third-order valence-corrected chi connectivity index (χ3v) is 6.59. The zero-order valence-electron chi connectivity index (χ0n) is 16.6. The second-order valence-corrected chi connectivity index (χ2v) is 9.12. The number of carbonyl (C=O) groups excluding carboxylic acids is 1. The van der Waals surface area contributed by atoms with Crippen molar-refractivity contribution in [3.8, 4) is 0 Å². The van der Waals surface area contributed by atoms with Crippen molar-refractivity contribution in [2.45, 2.75) is 17.2 Å². The lowest BCUT2D eigenvalue weighted by atomic mass is 10.2. The molecule has 0 saturated heterocycles. The first-order valence-corrected chi connectivity index (χ1v) is 11.2. The summed E-state index contributed by atoms with van der Waals surface area (Å²) in [5.41, 5.74) is 0.164. The van der Waals surface area contributed by atoms with Gasteiger partial charge >= 0.3 is 0 Å². The van der Waals surface area contributed by atoms with Crippen molar-refractivity contribution in [2.75, 3.05) is 5.32 Å². The summed E-state index contributed by atoms with van der Waals surface area (Å²) >= 11 is 0. The SMILES string of the molecule is O=C(Cn1cc(S(=O)(=O)Cc2ccccc2F)c2ccccc21)Nc1cc(F)ccc1F. The second-order valence-electron chi connectivity index (χ2n) is 7.16. The van der Waals surface area contributed by atoms with E-state index in [1.165, 1.54) is 29.0 Å². The average molecular weight is 458 g/mol. The molecule has 1 aromatic heterocycles. The quantitative estimate of drug-likeness (QED) is 0.457. The van der Waals surface area contributed by atoms with Gasteiger partial charge in [-0.2, -0.15) is 0 Å². The van der Waals surface area contributed by atoms with E-state index in [1.807, 2.05) is 0 Å². The summed E-state index contributed by atoms with van der Waals surface area (Å²) in [6.07, 6.45) is 1.29. The number of nitrogens with one attached hydrogen (secondary N) is 1. The highest BCUT2D eigenvalue weighted by atomic mass is 32.2. The van der Waals surface area contributed by atoms with Gasteiger partial charge in [0.05, 0.1) is 16.3 Å². The third-order valence-electron chi connectivity index (χ3n) is 4.91. The molecule has 0 radical (unpaired) electrons. The van der Waals surface area contributed by atoms with E-state index in [0.29, 0.717) is 10.9 Å². The Balaban J connectivity index is 1.66. The monoisotopic (exact) mass is 458 g/mol. The summed E-state index contributed by atoms with van der Waals surface area (Å²) in [5.74, 6) is -3.36. The maximum atomic E-state index is 14.0. The van der Waals surface area contributed by atoms with E-state index < -0.39 is 38.9 Å². The molecule has 32 heavy (non-hydrogen) atoms. The van der Waals surface area contributed by atoms with Crippen molar-refractivity contribution >= 4 is 32.3 Å². The summed E-state index contributed by atoms with van der Waals surface area (Å²) in [4.78, 5) is 12.4. The number of anilines is 1. The van der Waals surface area contributed by atoms with E-state index in [0.717, 1.165) is 18.2 Å². The molecule has 0 fully saturated rings. The van der Waals surface area contributed by atoms with Crippen LogP contribution in [0.25, 0.3) is 10.9 Å². The van der Waals surface area contributed by atoms with Crippen LogP contribution in [-0.2, 0) is 26.9 Å². The fraction of sp³-hybridized carbons (Fsp3) is 0.0870. The molecule has 1 amide bonds. The Morgan fingerprint density at radius 1 is 0.906 bits per heavy atom. The fourth-order valence-corrected chi connectivity index (χ4v) is 5.02. The van der Waals surface area contributed by atoms with Gasteiger partial charge in [-0.15, -0.1) is 0 Å². The van der Waals surface area contributed by atoms with Crippen LogP contribution in [0.2, 0.25) is 0 Å². The van der Waals surface area contributed by atoms with Gasteiger partial charge in [0, 0.05) is 28.7 Å². The number of benzene rings is 3. The van der Waals surface area contributed by atoms with Gasteiger partial charge in [0.1, 0.15) is 24.0 Å². The van der Waals surface area contributed by atoms with E-state index in [2.05, 4.69) is 5.32 Å². The number of sulfone groups is 1. The molecule has 0 bridgehead atoms. The summed E-state index contributed by atoms with van der Waals surface area (Å²) < 4.78 is 68.7. The number of halogens is 3. The minimum atomic E-state index is -3.95. The number of hydrogen-bond donors (Lipinski definition) is 1. The molecule has 3 aromatic carbocycles. The van der Waals surface area contributed by atoms with Gasteiger partial charge in [0.2, 0.25) is 5.91 Å². The van der Waals surface area contributed by atoms with Crippen LogP contribution in [0.15, 0.2) is 77.8 Å². The minimum Gasteiger partial charge on any atom is -0.337 e.